The summed E-state index contributed by atoms with van der Waals surface area (Å²) in [6.07, 6.45) is 4.29. The lowest BCUT2D eigenvalue weighted by atomic mass is 9.44. The summed E-state index contributed by atoms with van der Waals surface area (Å²) in [5.74, 6) is -2.80. The van der Waals surface area contributed by atoms with Crippen LogP contribution in [-0.2, 0) is 19.1 Å². The molecule has 6 nitrogen and oxygen atoms in total. The van der Waals surface area contributed by atoms with Crippen molar-refractivity contribution in [1.82, 2.24) is 0 Å². The Morgan fingerprint density at radius 3 is 2.61 bits per heavy atom. The minimum Gasteiger partial charge on any atom is -0.458 e. The van der Waals surface area contributed by atoms with Gasteiger partial charge in [-0.05, 0) is 56.6 Å². The summed E-state index contributed by atoms with van der Waals surface area (Å²) in [5, 5.41) is 22.9. The van der Waals surface area contributed by atoms with E-state index in [-0.39, 0.29) is 18.1 Å². The molecule has 4 rings (SSSR count). The predicted octanol–water partition coefficient (Wildman–Crippen LogP) is 2.47. The first kappa shape index (κ1) is 22.3. The van der Waals surface area contributed by atoms with Crippen LogP contribution >= 0.6 is 0 Å². The Labute approximate surface area is 181 Å². The van der Waals surface area contributed by atoms with Crippen molar-refractivity contribution in [3.05, 3.63) is 23.8 Å². The molecule has 0 aliphatic heterocycles. The highest BCUT2D eigenvalue weighted by atomic mass is 19.1. The lowest BCUT2D eigenvalue weighted by molar-refractivity contribution is -0.219. The highest BCUT2D eigenvalue weighted by Crippen LogP contribution is 2.70. The van der Waals surface area contributed by atoms with Crippen molar-refractivity contribution in [1.29, 1.82) is 0 Å². The predicted molar refractivity (Wildman–Crippen MR) is 109 cm³/mol. The van der Waals surface area contributed by atoms with Crippen molar-refractivity contribution < 1.29 is 33.7 Å². The second-order valence-corrected chi connectivity index (χ2v) is 10.4. The first-order valence-electron chi connectivity index (χ1n) is 11.0. The van der Waals surface area contributed by atoms with Crippen molar-refractivity contribution in [2.24, 2.45) is 28.6 Å². The van der Waals surface area contributed by atoms with E-state index < -0.39 is 58.4 Å². The number of esters is 1. The molecule has 0 bridgehead atoms. The van der Waals surface area contributed by atoms with Crippen LogP contribution in [0.2, 0.25) is 0 Å². The summed E-state index contributed by atoms with van der Waals surface area (Å²) < 4.78 is 21.9. The Hall–Kier alpha value is -1.86. The van der Waals surface area contributed by atoms with Crippen molar-refractivity contribution in [2.45, 2.75) is 70.8 Å². The van der Waals surface area contributed by atoms with Crippen molar-refractivity contribution in [3.8, 4) is 0 Å². The fraction of sp³-hybridized carbons (Fsp3) is 0.708. The number of allylic oxidation sites excluding steroid dienone is 4. The number of carbonyl (C=O) groups excluding carboxylic acids is 3. The van der Waals surface area contributed by atoms with Gasteiger partial charge in [0.1, 0.15) is 5.60 Å². The molecule has 0 radical (unpaired) electrons. The van der Waals surface area contributed by atoms with E-state index in [2.05, 4.69) is 0 Å². The summed E-state index contributed by atoms with van der Waals surface area (Å²) >= 11 is 0. The molecule has 3 fully saturated rings. The van der Waals surface area contributed by atoms with Crippen LogP contribution in [0.15, 0.2) is 23.8 Å². The van der Waals surface area contributed by atoms with E-state index in [1.165, 1.54) is 19.1 Å². The highest BCUT2D eigenvalue weighted by molar-refractivity contribution is 6.01. The van der Waals surface area contributed by atoms with Gasteiger partial charge in [-0.1, -0.05) is 25.5 Å². The molecule has 8 atom stereocenters. The lowest BCUT2D eigenvalue weighted by Crippen LogP contribution is -2.69. The minimum absolute atomic E-state index is 0.0953. The number of carbonyl (C=O) groups is 3. The number of hydrogen-bond acceptors (Lipinski definition) is 6. The molecule has 0 saturated heterocycles. The van der Waals surface area contributed by atoms with E-state index in [1.807, 2.05) is 0 Å². The Bertz CT molecular complexity index is 910. The summed E-state index contributed by atoms with van der Waals surface area (Å²) in [4.78, 5) is 36.2. The van der Waals surface area contributed by atoms with Crippen molar-refractivity contribution in [2.75, 3.05) is 6.61 Å². The maximum absolute atomic E-state index is 17.0. The van der Waals surface area contributed by atoms with Crippen LogP contribution in [0.1, 0.15) is 53.4 Å². The number of ether oxygens (including phenoxy) is 1. The van der Waals surface area contributed by atoms with Gasteiger partial charge in [-0.2, -0.15) is 0 Å². The maximum Gasteiger partial charge on any atom is 0.303 e. The second kappa shape index (κ2) is 6.82. The molecule has 0 heterocycles. The number of aliphatic hydroxyl groups excluding tert-OH is 1. The Morgan fingerprint density at radius 1 is 1.29 bits per heavy atom. The van der Waals surface area contributed by atoms with Crippen LogP contribution in [0.25, 0.3) is 0 Å². The number of aliphatic hydroxyl groups is 2. The van der Waals surface area contributed by atoms with Gasteiger partial charge in [0.2, 0.25) is 5.78 Å². The van der Waals surface area contributed by atoms with Crippen LogP contribution in [0, 0.1) is 28.6 Å². The first-order chi connectivity index (χ1) is 14.3. The van der Waals surface area contributed by atoms with Gasteiger partial charge in [0, 0.05) is 23.7 Å². The van der Waals surface area contributed by atoms with E-state index in [0.717, 1.165) is 0 Å². The molecule has 170 valence electrons. The fourth-order valence-corrected chi connectivity index (χ4v) is 7.42. The number of ketones is 2. The smallest absolute Gasteiger partial charge is 0.303 e. The van der Waals surface area contributed by atoms with E-state index in [9.17, 15) is 24.6 Å². The van der Waals surface area contributed by atoms with E-state index in [1.54, 1.807) is 26.8 Å². The largest absolute Gasteiger partial charge is 0.458 e. The van der Waals surface area contributed by atoms with Crippen LogP contribution < -0.4 is 0 Å². The van der Waals surface area contributed by atoms with Gasteiger partial charge in [0.15, 0.2) is 18.1 Å². The van der Waals surface area contributed by atoms with Crippen molar-refractivity contribution in [3.63, 3.8) is 0 Å². The molecule has 0 amide bonds. The van der Waals surface area contributed by atoms with Gasteiger partial charge >= 0.3 is 5.97 Å². The molecular weight excluding hydrogens is 403 g/mol. The van der Waals surface area contributed by atoms with Gasteiger partial charge in [-0.15, -0.1) is 0 Å². The molecule has 5 unspecified atom stereocenters. The summed E-state index contributed by atoms with van der Waals surface area (Å²) in [5.41, 5.74) is -5.33. The Balaban J connectivity index is 1.76. The number of rotatable bonds is 3. The highest BCUT2D eigenvalue weighted by Gasteiger charge is 2.75. The fourth-order valence-electron chi connectivity index (χ4n) is 7.42. The molecule has 0 aromatic heterocycles. The number of Topliss-reactive ketones (excluding diaryl/α,β-unsaturated/α-hetero) is 1. The molecule has 7 heteroatoms. The quantitative estimate of drug-likeness (QED) is 0.662. The molecule has 0 aromatic rings. The third-order valence-corrected chi connectivity index (χ3v) is 9.05. The summed E-state index contributed by atoms with van der Waals surface area (Å²) in [7, 11) is 0. The maximum atomic E-state index is 17.0. The average Bonchev–Trinajstić information content (AvgIpc) is 2.89. The van der Waals surface area contributed by atoms with Gasteiger partial charge in [-0.25, -0.2) is 4.39 Å². The van der Waals surface area contributed by atoms with E-state index in [0.29, 0.717) is 24.8 Å². The third-order valence-electron chi connectivity index (χ3n) is 9.05. The zero-order valence-electron chi connectivity index (χ0n) is 18.5. The monoisotopic (exact) mass is 434 g/mol. The lowest BCUT2D eigenvalue weighted by Gasteiger charge is -2.62. The van der Waals surface area contributed by atoms with Crippen LogP contribution in [0.5, 0.6) is 0 Å². The topological polar surface area (TPSA) is 101 Å². The molecule has 2 N–H and O–H groups in total. The second-order valence-electron chi connectivity index (χ2n) is 10.4. The molecule has 0 aromatic carbocycles. The van der Waals surface area contributed by atoms with Crippen LogP contribution in [0.3, 0.4) is 0 Å². The molecule has 3 saturated carbocycles. The van der Waals surface area contributed by atoms with Gasteiger partial charge < -0.3 is 14.9 Å². The van der Waals surface area contributed by atoms with Gasteiger partial charge in [0.25, 0.3) is 0 Å². The average molecular weight is 435 g/mol. The Morgan fingerprint density at radius 2 is 1.97 bits per heavy atom. The van der Waals surface area contributed by atoms with Crippen LogP contribution in [0.4, 0.5) is 4.39 Å². The molecular formula is C24H31FO6. The number of fused-ring (bicyclic) bond motifs is 5. The first-order valence-corrected chi connectivity index (χ1v) is 11.0. The minimum atomic E-state index is -2.01. The molecule has 0 spiro atoms. The molecule has 31 heavy (non-hydrogen) atoms. The summed E-state index contributed by atoms with van der Waals surface area (Å²) in [6, 6.07) is 0. The standard InChI is InChI=1S/C24H31FO6/c1-13-9-18-17-6-5-15-10-16(27)7-8-21(15,3)23(17,25)19(28)11-22(18,4)24(13,30)20(29)12-31-14(2)26/h7-8,10,13,17-19,28,30H,5-6,9,11-12H2,1-4H3/t13-,17?,18?,19?,21?,22?,23+,24+/m1/s1. The van der Waals surface area contributed by atoms with Gasteiger partial charge in [-0.3, -0.25) is 14.4 Å². The third kappa shape index (κ3) is 2.65. The van der Waals surface area contributed by atoms with Crippen LogP contribution in [-0.4, -0.2) is 51.7 Å². The zero-order valence-corrected chi connectivity index (χ0v) is 18.5. The van der Waals surface area contributed by atoms with E-state index in [4.69, 9.17) is 4.74 Å². The number of halogens is 1. The van der Waals surface area contributed by atoms with Crippen molar-refractivity contribution >= 4 is 17.5 Å². The van der Waals surface area contributed by atoms with E-state index >= 15 is 4.39 Å². The number of alkyl halides is 1. The number of hydrogen-bond donors (Lipinski definition) is 2. The zero-order chi connectivity index (χ0) is 23.0. The molecule has 4 aliphatic rings. The SMILES string of the molecule is CC(=O)OCC(=O)[C@@]1(O)[C@H](C)CC2C3CCC4=CC(=O)C=CC4(C)[C@@]3(F)C(O)CC21C. The molecule has 4 aliphatic carbocycles. The van der Waals surface area contributed by atoms with Gasteiger partial charge in [0.05, 0.1) is 6.10 Å². The normalized spacial score (nSPS) is 48.4. The Kier molecular flexibility index (Phi) is 4.91. The summed E-state index contributed by atoms with van der Waals surface area (Å²) in [6.45, 7) is 5.89.